The topological polar surface area (TPSA) is 73.1 Å². The molecular formula is C16H16N4O. The van der Waals surface area contributed by atoms with Gasteiger partial charge in [-0.25, -0.2) is 0 Å². The Morgan fingerprint density at radius 1 is 1.19 bits per heavy atom. The zero-order chi connectivity index (χ0) is 14.7. The minimum absolute atomic E-state index is 0.601. The van der Waals surface area contributed by atoms with E-state index in [-0.39, 0.29) is 0 Å². The second-order valence-corrected chi connectivity index (χ2v) is 4.70. The summed E-state index contributed by atoms with van der Waals surface area (Å²) in [4.78, 5) is 0. The molecule has 0 bridgehead atoms. The van der Waals surface area contributed by atoms with Gasteiger partial charge >= 0.3 is 0 Å². The van der Waals surface area contributed by atoms with Crippen LogP contribution in [0.3, 0.4) is 0 Å². The first-order valence-corrected chi connectivity index (χ1v) is 6.64. The molecule has 5 heteroatoms. The Kier molecular flexibility index (Phi) is 3.55. The van der Waals surface area contributed by atoms with Crippen LogP contribution in [-0.4, -0.2) is 17.3 Å². The molecule has 0 aliphatic carbocycles. The number of aromatic nitrogens is 2. The van der Waals surface area contributed by atoms with Crippen molar-refractivity contribution in [3.05, 3.63) is 54.2 Å². The van der Waals surface area contributed by atoms with E-state index >= 15 is 0 Å². The number of anilines is 2. The number of benzene rings is 2. The summed E-state index contributed by atoms with van der Waals surface area (Å²) in [6.07, 6.45) is 1.72. The van der Waals surface area contributed by atoms with Gasteiger partial charge in [0.15, 0.2) is 0 Å². The third-order valence-electron chi connectivity index (χ3n) is 3.32. The Bertz CT molecular complexity index is 768. The molecule has 0 aliphatic heterocycles. The second kappa shape index (κ2) is 5.66. The van der Waals surface area contributed by atoms with Crippen molar-refractivity contribution in [2.45, 2.75) is 6.54 Å². The maximum absolute atomic E-state index is 5.84. The quantitative estimate of drug-likeness (QED) is 0.719. The number of hydrogen-bond donors (Lipinski definition) is 2. The van der Waals surface area contributed by atoms with Crippen LogP contribution in [0.1, 0.15) is 5.56 Å². The van der Waals surface area contributed by atoms with Crippen molar-refractivity contribution in [3.63, 3.8) is 0 Å². The van der Waals surface area contributed by atoms with E-state index in [4.69, 9.17) is 10.5 Å². The van der Waals surface area contributed by atoms with E-state index in [1.165, 1.54) is 0 Å². The minimum atomic E-state index is 0.601. The van der Waals surface area contributed by atoms with E-state index < -0.39 is 0 Å². The number of nitrogens with two attached hydrogens (primary N) is 1. The molecule has 5 nitrogen and oxygen atoms in total. The molecule has 0 saturated heterocycles. The van der Waals surface area contributed by atoms with E-state index in [2.05, 4.69) is 15.5 Å². The molecule has 3 rings (SSSR count). The van der Waals surface area contributed by atoms with Gasteiger partial charge in [0.1, 0.15) is 5.75 Å². The van der Waals surface area contributed by atoms with Gasteiger partial charge in [-0.1, -0.05) is 18.2 Å². The predicted octanol–water partition coefficient (Wildman–Crippen LogP) is 2.83. The normalized spacial score (nSPS) is 10.5. The van der Waals surface area contributed by atoms with Crippen LogP contribution < -0.4 is 15.8 Å². The zero-order valence-corrected chi connectivity index (χ0v) is 11.7. The van der Waals surface area contributed by atoms with Gasteiger partial charge < -0.3 is 15.8 Å². The number of rotatable bonds is 4. The lowest BCUT2D eigenvalue weighted by Crippen LogP contribution is -2.04. The van der Waals surface area contributed by atoms with Crippen molar-refractivity contribution in [1.82, 2.24) is 10.2 Å². The fourth-order valence-electron chi connectivity index (χ4n) is 2.27. The summed E-state index contributed by atoms with van der Waals surface area (Å²) in [5.74, 6) is 0.808. The standard InChI is InChI=1S/C16H16N4O/c1-21-16-7-6-12(17)8-11(16)9-18-15-10-19-20-14-5-3-2-4-13(14)15/h2-8,10H,9,17H2,1H3,(H,18,20). The lowest BCUT2D eigenvalue weighted by atomic mass is 10.1. The van der Waals surface area contributed by atoms with Crippen molar-refractivity contribution < 1.29 is 4.74 Å². The molecule has 0 spiro atoms. The van der Waals surface area contributed by atoms with Gasteiger partial charge in [0, 0.05) is 23.2 Å². The van der Waals surface area contributed by atoms with Gasteiger partial charge in [0.05, 0.1) is 24.5 Å². The molecule has 0 aliphatic rings. The van der Waals surface area contributed by atoms with Gasteiger partial charge in [-0.3, -0.25) is 0 Å². The first-order valence-electron chi connectivity index (χ1n) is 6.64. The molecule has 2 aromatic carbocycles. The van der Waals surface area contributed by atoms with Crippen molar-refractivity contribution >= 4 is 22.3 Å². The molecule has 0 amide bonds. The summed E-state index contributed by atoms with van der Waals surface area (Å²) in [5, 5.41) is 12.5. The number of nitrogens with one attached hydrogen (secondary N) is 1. The number of methoxy groups -OCH3 is 1. The van der Waals surface area contributed by atoms with Gasteiger partial charge in [-0.15, -0.1) is 0 Å². The van der Waals surface area contributed by atoms with Crippen molar-refractivity contribution in [2.24, 2.45) is 0 Å². The largest absolute Gasteiger partial charge is 0.496 e. The van der Waals surface area contributed by atoms with Crippen LogP contribution in [0.2, 0.25) is 0 Å². The molecule has 1 heterocycles. The van der Waals surface area contributed by atoms with E-state index in [0.29, 0.717) is 12.2 Å². The lowest BCUT2D eigenvalue weighted by Gasteiger charge is -2.12. The second-order valence-electron chi connectivity index (χ2n) is 4.70. The highest BCUT2D eigenvalue weighted by atomic mass is 16.5. The zero-order valence-electron chi connectivity index (χ0n) is 11.7. The van der Waals surface area contributed by atoms with Gasteiger partial charge in [-0.05, 0) is 24.3 Å². The van der Waals surface area contributed by atoms with Crippen LogP contribution >= 0.6 is 0 Å². The Balaban J connectivity index is 1.89. The molecular weight excluding hydrogens is 264 g/mol. The molecule has 3 N–H and O–H groups in total. The summed E-state index contributed by atoms with van der Waals surface area (Å²) in [5.41, 5.74) is 9.35. The van der Waals surface area contributed by atoms with Crippen LogP contribution in [0, 0.1) is 0 Å². The fraction of sp³-hybridized carbons (Fsp3) is 0.125. The van der Waals surface area contributed by atoms with E-state index in [0.717, 1.165) is 27.9 Å². The molecule has 0 saturated carbocycles. The third kappa shape index (κ3) is 2.72. The highest BCUT2D eigenvalue weighted by Crippen LogP contribution is 2.24. The van der Waals surface area contributed by atoms with Gasteiger partial charge in [0.2, 0.25) is 0 Å². The number of nitrogen functional groups attached to an aromatic ring is 1. The molecule has 21 heavy (non-hydrogen) atoms. The van der Waals surface area contributed by atoms with E-state index in [9.17, 15) is 0 Å². The molecule has 0 radical (unpaired) electrons. The fourth-order valence-corrected chi connectivity index (χ4v) is 2.27. The Morgan fingerprint density at radius 2 is 2.05 bits per heavy atom. The lowest BCUT2D eigenvalue weighted by molar-refractivity contribution is 0.410. The number of hydrogen-bond acceptors (Lipinski definition) is 5. The molecule has 0 fully saturated rings. The van der Waals surface area contributed by atoms with Crippen LogP contribution in [0.15, 0.2) is 48.7 Å². The Hall–Kier alpha value is -2.82. The summed E-state index contributed by atoms with van der Waals surface area (Å²) >= 11 is 0. The minimum Gasteiger partial charge on any atom is -0.496 e. The van der Waals surface area contributed by atoms with Crippen LogP contribution in [0.4, 0.5) is 11.4 Å². The van der Waals surface area contributed by atoms with Crippen molar-refractivity contribution in [1.29, 1.82) is 0 Å². The third-order valence-corrected chi connectivity index (χ3v) is 3.32. The van der Waals surface area contributed by atoms with Crippen molar-refractivity contribution in [2.75, 3.05) is 18.2 Å². The number of ether oxygens (including phenoxy) is 1. The smallest absolute Gasteiger partial charge is 0.123 e. The Morgan fingerprint density at radius 3 is 2.90 bits per heavy atom. The monoisotopic (exact) mass is 280 g/mol. The molecule has 1 aromatic heterocycles. The SMILES string of the molecule is COc1ccc(N)cc1CNc1cnnc2ccccc12. The maximum Gasteiger partial charge on any atom is 0.123 e. The summed E-state index contributed by atoms with van der Waals surface area (Å²) < 4.78 is 5.35. The van der Waals surface area contributed by atoms with Crippen LogP contribution in [0.25, 0.3) is 10.9 Å². The Labute approximate surface area is 122 Å². The van der Waals surface area contributed by atoms with E-state index in [1.54, 1.807) is 13.3 Å². The first-order chi connectivity index (χ1) is 10.3. The van der Waals surface area contributed by atoms with Crippen LogP contribution in [-0.2, 0) is 6.54 Å². The molecule has 0 unspecified atom stereocenters. The molecule has 0 atom stereocenters. The average Bonchev–Trinajstić information content (AvgIpc) is 2.53. The maximum atomic E-state index is 5.84. The summed E-state index contributed by atoms with van der Waals surface area (Å²) in [6.45, 7) is 0.601. The molecule has 106 valence electrons. The predicted molar refractivity (Wildman–Crippen MR) is 84.3 cm³/mol. The summed E-state index contributed by atoms with van der Waals surface area (Å²) in [7, 11) is 1.65. The van der Waals surface area contributed by atoms with Gasteiger partial charge in [-0.2, -0.15) is 10.2 Å². The summed E-state index contributed by atoms with van der Waals surface area (Å²) in [6, 6.07) is 13.5. The average molecular weight is 280 g/mol. The van der Waals surface area contributed by atoms with E-state index in [1.807, 2.05) is 42.5 Å². The van der Waals surface area contributed by atoms with Crippen molar-refractivity contribution in [3.8, 4) is 5.75 Å². The number of nitrogens with zero attached hydrogens (tertiary/aromatic N) is 2. The first kappa shape index (κ1) is 13.2. The van der Waals surface area contributed by atoms with Gasteiger partial charge in [0.25, 0.3) is 0 Å². The highest BCUT2D eigenvalue weighted by Gasteiger charge is 2.06. The number of fused-ring (bicyclic) bond motifs is 1. The highest BCUT2D eigenvalue weighted by molar-refractivity contribution is 5.90. The van der Waals surface area contributed by atoms with Crippen LogP contribution in [0.5, 0.6) is 5.75 Å². The molecule has 3 aromatic rings.